The molecule has 0 aliphatic carbocycles. The number of carboxylic acid groups (broad SMARTS) is 3. The molecular weight excluding hydrogens is 550 g/mol. The number of hydrogen-bond donors (Lipinski definition) is 5. The molecule has 0 radical (unpaired) electrons. The standard InChI is InChI=1S/C23H23N3O3.C6H8O7/c1-16-23(27)26(2)21-12-19(8-9-22(21)29-16)25-14-17-5-3-7-20(11-17)28-15-18-6-4-10-24-13-18;7-3(8)1-6(13,5(11)12)2-4(9)10/h3-13,16,25H,14-15H2,1-2H3;13H,1-2H2,(H,7,8)(H,9,10)(H,11,12). The summed E-state index contributed by atoms with van der Waals surface area (Å²) in [5.41, 5.74) is 1.08. The molecule has 1 aromatic heterocycles. The zero-order valence-corrected chi connectivity index (χ0v) is 22.9. The summed E-state index contributed by atoms with van der Waals surface area (Å²) in [6, 6.07) is 17.6. The van der Waals surface area contributed by atoms with E-state index < -0.39 is 42.5 Å². The summed E-state index contributed by atoms with van der Waals surface area (Å²) >= 11 is 0. The number of carboxylic acids is 3. The molecule has 0 fully saturated rings. The SMILES string of the molecule is CC1Oc2ccc(NCc3cccc(OCc4cccnc4)c3)cc2N(C)C1=O.O=C(O)CC(O)(CC(=O)O)C(=O)O. The van der Waals surface area contributed by atoms with Crippen molar-refractivity contribution in [1.82, 2.24) is 4.98 Å². The summed E-state index contributed by atoms with van der Waals surface area (Å²) < 4.78 is 11.5. The number of carbonyl (C=O) groups excluding carboxylic acids is 1. The first-order valence-corrected chi connectivity index (χ1v) is 12.7. The maximum Gasteiger partial charge on any atom is 0.336 e. The molecule has 4 rings (SSSR count). The second kappa shape index (κ2) is 13.9. The number of ether oxygens (including phenoxy) is 2. The minimum Gasteiger partial charge on any atom is -0.489 e. The van der Waals surface area contributed by atoms with Gasteiger partial charge in [0.1, 0.15) is 18.1 Å². The van der Waals surface area contributed by atoms with Crippen LogP contribution in [0.1, 0.15) is 30.9 Å². The third kappa shape index (κ3) is 8.66. The van der Waals surface area contributed by atoms with Gasteiger partial charge in [-0.1, -0.05) is 18.2 Å². The molecular formula is C29H31N3O10. The van der Waals surface area contributed by atoms with Crippen LogP contribution in [0.4, 0.5) is 11.4 Å². The van der Waals surface area contributed by atoms with Gasteiger partial charge in [0.2, 0.25) is 0 Å². The molecule has 42 heavy (non-hydrogen) atoms. The highest BCUT2D eigenvalue weighted by atomic mass is 16.5. The number of amides is 1. The Labute approximate surface area is 241 Å². The smallest absolute Gasteiger partial charge is 0.336 e. The molecule has 5 N–H and O–H groups in total. The third-order valence-electron chi connectivity index (χ3n) is 6.11. The zero-order chi connectivity index (χ0) is 30.9. The Kier molecular flexibility index (Phi) is 10.4. The van der Waals surface area contributed by atoms with Crippen LogP contribution in [0.25, 0.3) is 0 Å². The molecule has 2 aromatic carbocycles. The van der Waals surface area contributed by atoms with Gasteiger partial charge in [0.15, 0.2) is 11.7 Å². The van der Waals surface area contributed by atoms with Gasteiger partial charge >= 0.3 is 17.9 Å². The van der Waals surface area contributed by atoms with Crippen LogP contribution >= 0.6 is 0 Å². The summed E-state index contributed by atoms with van der Waals surface area (Å²) in [7, 11) is 1.77. The Balaban J connectivity index is 0.000000316. The van der Waals surface area contributed by atoms with Crippen molar-refractivity contribution in [1.29, 1.82) is 0 Å². The number of fused-ring (bicyclic) bond motifs is 1. The number of aromatic nitrogens is 1. The molecule has 13 nitrogen and oxygen atoms in total. The first-order chi connectivity index (χ1) is 19.9. The lowest BCUT2D eigenvalue weighted by molar-refractivity contribution is -0.170. The Morgan fingerprint density at radius 3 is 2.33 bits per heavy atom. The van der Waals surface area contributed by atoms with Crippen molar-refractivity contribution in [2.75, 3.05) is 17.3 Å². The molecule has 2 heterocycles. The van der Waals surface area contributed by atoms with Crippen molar-refractivity contribution in [3.05, 3.63) is 78.1 Å². The second-order valence-corrected chi connectivity index (χ2v) is 9.47. The summed E-state index contributed by atoms with van der Waals surface area (Å²) in [4.78, 5) is 48.4. The molecule has 1 atom stereocenters. The number of carbonyl (C=O) groups is 4. The zero-order valence-electron chi connectivity index (χ0n) is 22.9. The maximum atomic E-state index is 12.1. The molecule has 0 saturated carbocycles. The first kappa shape index (κ1) is 31.4. The highest BCUT2D eigenvalue weighted by molar-refractivity contribution is 5.99. The molecule has 1 aliphatic rings. The number of likely N-dealkylation sites (N-methyl/N-ethyl adjacent to an activating group) is 1. The lowest BCUT2D eigenvalue weighted by atomic mass is 9.96. The van der Waals surface area contributed by atoms with Crippen molar-refractivity contribution >= 4 is 35.2 Å². The first-order valence-electron chi connectivity index (χ1n) is 12.7. The lowest BCUT2D eigenvalue weighted by Gasteiger charge is -2.30. The molecule has 1 unspecified atom stereocenters. The van der Waals surface area contributed by atoms with Crippen LogP contribution in [-0.4, -0.2) is 68.0 Å². The largest absolute Gasteiger partial charge is 0.489 e. The Hall–Kier alpha value is -5.17. The van der Waals surface area contributed by atoms with Gasteiger partial charge in [-0.25, -0.2) is 4.79 Å². The van der Waals surface area contributed by atoms with Crippen molar-refractivity contribution in [3.63, 3.8) is 0 Å². The molecule has 0 spiro atoms. The predicted molar refractivity (Wildman–Crippen MR) is 149 cm³/mol. The summed E-state index contributed by atoms with van der Waals surface area (Å²) in [6.45, 7) is 2.88. The van der Waals surface area contributed by atoms with Gasteiger partial charge in [0, 0.05) is 37.2 Å². The average Bonchev–Trinajstić information content (AvgIpc) is 2.94. The average molecular weight is 582 g/mol. The maximum absolute atomic E-state index is 12.1. The van der Waals surface area contributed by atoms with Crippen LogP contribution in [0.5, 0.6) is 11.5 Å². The van der Waals surface area contributed by atoms with Gasteiger partial charge < -0.3 is 40.1 Å². The Morgan fingerprint density at radius 1 is 1.02 bits per heavy atom. The number of benzene rings is 2. The van der Waals surface area contributed by atoms with Crippen LogP contribution < -0.4 is 19.7 Å². The Morgan fingerprint density at radius 2 is 1.71 bits per heavy atom. The van der Waals surface area contributed by atoms with Crippen LogP contribution in [0.15, 0.2) is 67.0 Å². The van der Waals surface area contributed by atoms with Crippen LogP contribution in [0.2, 0.25) is 0 Å². The lowest BCUT2D eigenvalue weighted by Crippen LogP contribution is -2.42. The number of aliphatic hydroxyl groups is 1. The molecule has 0 bridgehead atoms. The summed E-state index contributed by atoms with van der Waals surface area (Å²) in [6.07, 6.45) is 0.800. The number of pyridine rings is 1. The van der Waals surface area contributed by atoms with E-state index in [1.54, 1.807) is 31.3 Å². The van der Waals surface area contributed by atoms with Gasteiger partial charge in [0.25, 0.3) is 5.91 Å². The minimum absolute atomic E-state index is 0.0480. The van der Waals surface area contributed by atoms with E-state index in [-0.39, 0.29) is 5.91 Å². The van der Waals surface area contributed by atoms with Gasteiger partial charge in [-0.3, -0.25) is 19.4 Å². The molecule has 13 heteroatoms. The minimum atomic E-state index is -2.74. The molecule has 222 valence electrons. The predicted octanol–water partition coefficient (Wildman–Crippen LogP) is 2.77. The fourth-order valence-electron chi connectivity index (χ4n) is 3.94. The van der Waals surface area contributed by atoms with Gasteiger partial charge in [-0.05, 0) is 48.9 Å². The van der Waals surface area contributed by atoms with Gasteiger partial charge in [-0.2, -0.15) is 0 Å². The normalized spacial score (nSPS) is 14.0. The van der Waals surface area contributed by atoms with E-state index in [2.05, 4.69) is 10.3 Å². The molecule has 0 saturated heterocycles. The van der Waals surface area contributed by atoms with E-state index in [4.69, 9.17) is 29.9 Å². The quantitative estimate of drug-likeness (QED) is 0.222. The highest BCUT2D eigenvalue weighted by Crippen LogP contribution is 2.35. The van der Waals surface area contributed by atoms with Crippen LogP contribution in [0, 0.1) is 0 Å². The van der Waals surface area contributed by atoms with Crippen molar-refractivity contribution < 1.29 is 49.1 Å². The number of rotatable bonds is 11. The van der Waals surface area contributed by atoms with Crippen LogP contribution in [-0.2, 0) is 32.3 Å². The van der Waals surface area contributed by atoms with Crippen molar-refractivity contribution in [3.8, 4) is 11.5 Å². The number of anilines is 2. The molecule has 1 aliphatic heterocycles. The number of nitrogens with zero attached hydrogens (tertiary/aromatic N) is 2. The van der Waals surface area contributed by atoms with E-state index in [1.165, 1.54) is 0 Å². The fraction of sp³-hybridized carbons (Fsp3) is 0.276. The topological polar surface area (TPSA) is 196 Å². The van der Waals surface area contributed by atoms with E-state index in [0.717, 1.165) is 34.0 Å². The summed E-state index contributed by atoms with van der Waals surface area (Å²) in [5, 5.41) is 37.2. The highest BCUT2D eigenvalue weighted by Gasteiger charge is 2.40. The molecule has 3 aromatic rings. The van der Waals surface area contributed by atoms with Crippen LogP contribution in [0.3, 0.4) is 0 Å². The summed E-state index contributed by atoms with van der Waals surface area (Å²) in [5.74, 6) is -3.54. The van der Waals surface area contributed by atoms with E-state index in [1.807, 2.05) is 54.6 Å². The van der Waals surface area contributed by atoms with Gasteiger partial charge in [-0.15, -0.1) is 0 Å². The monoisotopic (exact) mass is 581 g/mol. The number of hydrogen-bond acceptors (Lipinski definition) is 9. The van der Waals surface area contributed by atoms with E-state index >= 15 is 0 Å². The third-order valence-corrected chi connectivity index (χ3v) is 6.11. The number of aliphatic carboxylic acids is 3. The van der Waals surface area contributed by atoms with Crippen molar-refractivity contribution in [2.45, 2.75) is 44.6 Å². The molecule has 1 amide bonds. The van der Waals surface area contributed by atoms with Gasteiger partial charge in [0.05, 0.1) is 18.5 Å². The van der Waals surface area contributed by atoms with E-state index in [9.17, 15) is 19.2 Å². The second-order valence-electron chi connectivity index (χ2n) is 9.47. The van der Waals surface area contributed by atoms with Crippen molar-refractivity contribution in [2.24, 2.45) is 0 Å². The van der Waals surface area contributed by atoms with E-state index in [0.29, 0.717) is 13.2 Å². The Bertz CT molecular complexity index is 1410. The fourth-order valence-corrected chi connectivity index (χ4v) is 3.94. The number of nitrogens with one attached hydrogen (secondary N) is 1.